The Bertz CT molecular complexity index is 2510. The number of aromatic nitrogens is 4. The molecule has 8 rings (SSSR count). The zero-order valence-corrected chi connectivity index (χ0v) is 29.7. The molecule has 258 valence electrons. The van der Waals surface area contributed by atoms with Gasteiger partial charge in [-0.05, 0) is 58.7 Å². The molecule has 1 fully saturated rings. The van der Waals surface area contributed by atoms with Crippen molar-refractivity contribution in [3.05, 3.63) is 149 Å². The van der Waals surface area contributed by atoms with Gasteiger partial charge in [0.25, 0.3) is 5.78 Å². The van der Waals surface area contributed by atoms with Crippen LogP contribution in [0.15, 0.2) is 125 Å². The first-order valence-electron chi connectivity index (χ1n) is 16.4. The van der Waals surface area contributed by atoms with Crippen LogP contribution in [0.2, 0.25) is 0 Å². The summed E-state index contributed by atoms with van der Waals surface area (Å²) in [5.74, 6) is -0.519. The zero-order chi connectivity index (χ0) is 35.8. The monoisotopic (exact) mass is 725 g/mol. The Morgan fingerprint density at radius 1 is 0.904 bits per heavy atom. The molecule has 7 aromatic rings. The molecule has 1 N–H and O–H groups in total. The fraction of sp³-hybridized carbons (Fsp3) is 0.125. The van der Waals surface area contributed by atoms with Gasteiger partial charge in [-0.15, -0.1) is 10.2 Å². The molecule has 0 aliphatic carbocycles. The number of ketones is 1. The molecule has 10 nitrogen and oxygen atoms in total. The third-order valence-corrected chi connectivity index (χ3v) is 11.1. The van der Waals surface area contributed by atoms with Crippen LogP contribution >= 0.6 is 23.1 Å². The first-order valence-corrected chi connectivity index (χ1v) is 18.2. The molecule has 1 amide bonds. The lowest BCUT2D eigenvalue weighted by molar-refractivity contribution is -0.132. The number of rotatable bonds is 10. The smallest absolute Gasteiger partial charge is 0.301 e. The second kappa shape index (κ2) is 14.0. The van der Waals surface area contributed by atoms with Gasteiger partial charge in [-0.1, -0.05) is 108 Å². The lowest BCUT2D eigenvalue weighted by Gasteiger charge is -2.23. The second-order valence-electron chi connectivity index (χ2n) is 12.1. The van der Waals surface area contributed by atoms with E-state index < -0.39 is 17.7 Å². The van der Waals surface area contributed by atoms with Crippen molar-refractivity contribution in [1.82, 2.24) is 19.6 Å². The molecule has 3 aromatic heterocycles. The van der Waals surface area contributed by atoms with E-state index in [4.69, 9.17) is 9.47 Å². The first-order chi connectivity index (χ1) is 25.4. The number of methoxy groups -OCH3 is 1. The van der Waals surface area contributed by atoms with E-state index in [9.17, 15) is 14.7 Å². The molecular weight excluding hydrogens is 695 g/mol. The number of thioether (sulfide) groups is 1. The standard InChI is InChI=1S/C40H31N5O5S2/c1-24-34(44-20-9-8-17-32(44)41-24)36(46)33-35(27-18-19-30(31(21-27)49-2)50-22-25-11-4-3-5-12-25)45(38(48)37(33)47)39-42-43-40(52-39)51-23-28-15-10-14-26-13-6-7-16-29(26)28/h3-21,35,46H,22-23H2,1-2H3/b36-33+. The summed E-state index contributed by atoms with van der Waals surface area (Å²) in [6, 6.07) is 33.7. The van der Waals surface area contributed by atoms with Gasteiger partial charge >= 0.3 is 5.91 Å². The molecule has 0 saturated carbocycles. The highest BCUT2D eigenvalue weighted by Crippen LogP contribution is 2.46. The van der Waals surface area contributed by atoms with Gasteiger partial charge < -0.3 is 14.6 Å². The quantitative estimate of drug-likeness (QED) is 0.0490. The molecule has 1 saturated heterocycles. The third-order valence-electron chi connectivity index (χ3n) is 8.95. The maximum absolute atomic E-state index is 14.0. The van der Waals surface area contributed by atoms with Gasteiger partial charge in [0.2, 0.25) is 5.13 Å². The van der Waals surface area contributed by atoms with Crippen LogP contribution in [0.25, 0.3) is 22.2 Å². The molecule has 1 aliphatic rings. The summed E-state index contributed by atoms with van der Waals surface area (Å²) in [6.45, 7) is 2.06. The molecule has 4 aromatic carbocycles. The van der Waals surface area contributed by atoms with Gasteiger partial charge in [0.15, 0.2) is 21.6 Å². The number of nitrogens with zero attached hydrogens (tertiary/aromatic N) is 5. The lowest BCUT2D eigenvalue weighted by Crippen LogP contribution is -2.29. The highest BCUT2D eigenvalue weighted by molar-refractivity contribution is 8.00. The van der Waals surface area contributed by atoms with Crippen molar-refractivity contribution in [2.45, 2.75) is 29.7 Å². The maximum atomic E-state index is 14.0. The number of hydrogen-bond acceptors (Lipinski definition) is 10. The number of amides is 1. The Balaban J connectivity index is 1.19. The summed E-state index contributed by atoms with van der Waals surface area (Å²) in [4.78, 5) is 33.9. The number of anilines is 1. The summed E-state index contributed by atoms with van der Waals surface area (Å²) in [7, 11) is 1.53. The van der Waals surface area contributed by atoms with E-state index in [0.29, 0.717) is 50.8 Å². The number of imidazole rings is 1. The third kappa shape index (κ3) is 6.05. The molecule has 12 heteroatoms. The molecule has 0 radical (unpaired) electrons. The minimum atomic E-state index is -1.06. The van der Waals surface area contributed by atoms with E-state index in [0.717, 1.165) is 21.9 Å². The van der Waals surface area contributed by atoms with Gasteiger partial charge in [-0.2, -0.15) is 0 Å². The topological polar surface area (TPSA) is 119 Å². The summed E-state index contributed by atoms with van der Waals surface area (Å²) in [6.07, 6.45) is 1.75. The van der Waals surface area contributed by atoms with Crippen LogP contribution in [0, 0.1) is 6.92 Å². The number of aliphatic hydroxyl groups is 1. The average Bonchev–Trinajstić information content (AvgIpc) is 3.86. The Hall–Kier alpha value is -5.98. The van der Waals surface area contributed by atoms with Gasteiger partial charge in [-0.3, -0.25) is 18.9 Å². The molecule has 1 aliphatic heterocycles. The van der Waals surface area contributed by atoms with Crippen molar-refractivity contribution in [3.63, 3.8) is 0 Å². The average molecular weight is 726 g/mol. The van der Waals surface area contributed by atoms with Gasteiger partial charge in [0.05, 0.1) is 24.4 Å². The number of benzene rings is 4. The predicted octanol–water partition coefficient (Wildman–Crippen LogP) is 8.15. The number of hydrogen-bond donors (Lipinski definition) is 1. The number of pyridine rings is 1. The first kappa shape index (κ1) is 33.2. The summed E-state index contributed by atoms with van der Waals surface area (Å²) >= 11 is 2.71. The molecule has 52 heavy (non-hydrogen) atoms. The number of fused-ring (bicyclic) bond motifs is 2. The van der Waals surface area contributed by atoms with E-state index in [2.05, 4.69) is 39.4 Å². The van der Waals surface area contributed by atoms with E-state index in [1.807, 2.05) is 54.6 Å². The van der Waals surface area contributed by atoms with Crippen LogP contribution < -0.4 is 14.4 Å². The summed E-state index contributed by atoms with van der Waals surface area (Å²) in [5, 5.41) is 23.3. The van der Waals surface area contributed by atoms with E-state index in [-0.39, 0.29) is 16.5 Å². The van der Waals surface area contributed by atoms with Crippen molar-refractivity contribution in [2.75, 3.05) is 12.0 Å². The van der Waals surface area contributed by atoms with Crippen molar-refractivity contribution < 1.29 is 24.2 Å². The zero-order valence-electron chi connectivity index (χ0n) is 28.1. The van der Waals surface area contributed by atoms with Crippen molar-refractivity contribution >= 4 is 62.1 Å². The van der Waals surface area contributed by atoms with Crippen LogP contribution in [-0.4, -0.2) is 43.5 Å². The predicted molar refractivity (Wildman–Crippen MR) is 202 cm³/mol. The molecular formula is C40H31N5O5S2. The van der Waals surface area contributed by atoms with Crippen LogP contribution in [0.5, 0.6) is 11.5 Å². The Morgan fingerprint density at radius 2 is 1.69 bits per heavy atom. The number of Topliss-reactive ketones (excluding diaryl/α,β-unsaturated/α-hetero) is 1. The number of aryl methyl sites for hydroxylation is 1. The summed E-state index contributed by atoms with van der Waals surface area (Å²) in [5.41, 5.74) is 3.94. The van der Waals surface area contributed by atoms with Crippen molar-refractivity contribution in [3.8, 4) is 11.5 Å². The Morgan fingerprint density at radius 3 is 2.54 bits per heavy atom. The fourth-order valence-corrected chi connectivity index (χ4v) is 8.37. The number of carbonyl (C=O) groups is 2. The highest BCUT2D eigenvalue weighted by atomic mass is 32.2. The number of aliphatic hydroxyl groups excluding tert-OH is 1. The van der Waals surface area contributed by atoms with E-state index in [1.54, 1.807) is 47.9 Å². The molecule has 1 unspecified atom stereocenters. The van der Waals surface area contributed by atoms with Crippen LogP contribution in [0.3, 0.4) is 0 Å². The summed E-state index contributed by atoms with van der Waals surface area (Å²) < 4.78 is 14.2. The molecule has 1 atom stereocenters. The van der Waals surface area contributed by atoms with Gasteiger partial charge in [0, 0.05) is 11.9 Å². The van der Waals surface area contributed by atoms with E-state index >= 15 is 0 Å². The molecule has 0 spiro atoms. The van der Waals surface area contributed by atoms with Crippen LogP contribution in [0.4, 0.5) is 5.13 Å². The van der Waals surface area contributed by atoms with Crippen molar-refractivity contribution in [2.24, 2.45) is 0 Å². The van der Waals surface area contributed by atoms with Crippen LogP contribution in [0.1, 0.15) is 34.1 Å². The Labute approximate surface area is 307 Å². The normalized spacial score (nSPS) is 15.5. The van der Waals surface area contributed by atoms with Gasteiger partial charge in [0.1, 0.15) is 17.9 Å². The molecule has 4 heterocycles. The number of ether oxygens (including phenoxy) is 2. The Kier molecular flexibility index (Phi) is 8.91. The second-order valence-corrected chi connectivity index (χ2v) is 14.3. The van der Waals surface area contributed by atoms with E-state index in [1.165, 1.54) is 35.1 Å². The van der Waals surface area contributed by atoms with Crippen molar-refractivity contribution in [1.29, 1.82) is 0 Å². The fourth-order valence-electron chi connectivity index (χ4n) is 6.50. The largest absolute Gasteiger partial charge is 0.505 e. The minimum absolute atomic E-state index is 0.0982. The minimum Gasteiger partial charge on any atom is -0.505 e. The SMILES string of the molecule is COc1cc(C2/C(=C(\O)c3c(C)nc4ccccn34)C(=O)C(=O)N2c2nnc(SCc3cccc4ccccc34)s2)ccc1OCc1ccccc1. The molecule has 0 bridgehead atoms. The van der Waals surface area contributed by atoms with Gasteiger partial charge in [-0.25, -0.2) is 4.98 Å². The maximum Gasteiger partial charge on any atom is 0.301 e. The number of carbonyl (C=O) groups excluding carboxylic acids is 2. The lowest BCUT2D eigenvalue weighted by atomic mass is 9.96. The van der Waals surface area contributed by atoms with Crippen LogP contribution in [-0.2, 0) is 21.9 Å². The highest BCUT2D eigenvalue weighted by Gasteiger charge is 2.49.